The SMILES string of the molecule is CC(=O)c1ccc(NC(=O)[C@@H](C)Sc2n[nH]c(-c3cccs3)n2)cc1. The van der Waals surface area contributed by atoms with Crippen molar-refractivity contribution in [1.82, 2.24) is 15.2 Å². The third-order valence-corrected chi connectivity index (χ3v) is 5.27. The van der Waals surface area contributed by atoms with E-state index in [1.807, 2.05) is 17.5 Å². The van der Waals surface area contributed by atoms with E-state index >= 15 is 0 Å². The molecule has 1 atom stereocenters. The number of nitrogens with one attached hydrogen (secondary N) is 2. The second-order valence-electron chi connectivity index (χ2n) is 5.33. The first-order chi connectivity index (χ1) is 12.0. The fourth-order valence-electron chi connectivity index (χ4n) is 2.07. The van der Waals surface area contributed by atoms with Gasteiger partial charge in [0.1, 0.15) is 0 Å². The van der Waals surface area contributed by atoms with E-state index in [1.165, 1.54) is 18.7 Å². The van der Waals surface area contributed by atoms with Crippen molar-refractivity contribution in [2.75, 3.05) is 5.32 Å². The Hall–Kier alpha value is -2.45. The van der Waals surface area contributed by atoms with Crippen LogP contribution in [0.15, 0.2) is 46.9 Å². The molecule has 0 radical (unpaired) electrons. The number of anilines is 1. The number of hydrogen-bond donors (Lipinski definition) is 2. The van der Waals surface area contributed by atoms with Crippen LogP contribution in [0.5, 0.6) is 0 Å². The highest BCUT2D eigenvalue weighted by molar-refractivity contribution is 8.00. The summed E-state index contributed by atoms with van der Waals surface area (Å²) in [6.45, 7) is 3.30. The quantitative estimate of drug-likeness (QED) is 0.507. The number of H-pyrrole nitrogens is 1. The number of Topliss-reactive ketones (excluding diaryl/α,β-unsaturated/α-hetero) is 1. The van der Waals surface area contributed by atoms with Gasteiger partial charge in [-0.3, -0.25) is 14.7 Å². The Balaban J connectivity index is 1.60. The normalized spacial score (nSPS) is 11.9. The molecule has 6 nitrogen and oxygen atoms in total. The molecule has 2 aromatic heterocycles. The summed E-state index contributed by atoms with van der Waals surface area (Å²) in [6.07, 6.45) is 0. The van der Waals surface area contributed by atoms with Crippen molar-refractivity contribution in [3.05, 3.63) is 47.3 Å². The zero-order valence-electron chi connectivity index (χ0n) is 13.6. The van der Waals surface area contributed by atoms with E-state index in [9.17, 15) is 9.59 Å². The van der Waals surface area contributed by atoms with Gasteiger partial charge < -0.3 is 5.32 Å². The number of carbonyl (C=O) groups is 2. The minimum absolute atomic E-state index is 0.00653. The van der Waals surface area contributed by atoms with Gasteiger partial charge in [0.15, 0.2) is 11.6 Å². The summed E-state index contributed by atoms with van der Waals surface area (Å²) in [5, 5.41) is 12.0. The van der Waals surface area contributed by atoms with Crippen LogP contribution in [0.1, 0.15) is 24.2 Å². The Morgan fingerprint density at radius 3 is 2.64 bits per heavy atom. The van der Waals surface area contributed by atoms with Crippen molar-refractivity contribution in [3.8, 4) is 10.7 Å². The lowest BCUT2D eigenvalue weighted by Crippen LogP contribution is -2.22. The van der Waals surface area contributed by atoms with E-state index in [0.717, 1.165) is 4.88 Å². The average Bonchev–Trinajstić information content (AvgIpc) is 3.26. The van der Waals surface area contributed by atoms with Crippen LogP contribution >= 0.6 is 23.1 Å². The lowest BCUT2D eigenvalue weighted by molar-refractivity contribution is -0.115. The molecular formula is C17H16N4O2S2. The van der Waals surface area contributed by atoms with Crippen LogP contribution in [-0.4, -0.2) is 32.1 Å². The fraction of sp³-hybridized carbons (Fsp3) is 0.176. The summed E-state index contributed by atoms with van der Waals surface area (Å²) in [7, 11) is 0. The van der Waals surface area contributed by atoms with Gasteiger partial charge in [-0.15, -0.1) is 16.4 Å². The van der Waals surface area contributed by atoms with E-state index in [2.05, 4.69) is 20.5 Å². The Kier molecular flexibility index (Phi) is 5.30. The van der Waals surface area contributed by atoms with Gasteiger partial charge in [0, 0.05) is 11.3 Å². The van der Waals surface area contributed by atoms with Gasteiger partial charge >= 0.3 is 0 Å². The number of carbonyl (C=O) groups excluding carboxylic acids is 2. The molecule has 8 heteroatoms. The molecule has 2 heterocycles. The maximum atomic E-state index is 12.3. The van der Waals surface area contributed by atoms with Crippen LogP contribution in [0.2, 0.25) is 0 Å². The predicted molar refractivity (Wildman–Crippen MR) is 100 cm³/mol. The zero-order valence-corrected chi connectivity index (χ0v) is 15.3. The largest absolute Gasteiger partial charge is 0.325 e. The Bertz CT molecular complexity index is 872. The van der Waals surface area contributed by atoms with Crippen molar-refractivity contribution in [3.63, 3.8) is 0 Å². The number of aromatic nitrogens is 3. The molecule has 1 aromatic carbocycles. The summed E-state index contributed by atoms with van der Waals surface area (Å²) in [5.41, 5.74) is 1.26. The highest BCUT2D eigenvalue weighted by Crippen LogP contribution is 2.25. The molecule has 3 aromatic rings. The molecule has 2 N–H and O–H groups in total. The third-order valence-electron chi connectivity index (χ3n) is 3.43. The van der Waals surface area contributed by atoms with E-state index in [1.54, 1.807) is 42.5 Å². The summed E-state index contributed by atoms with van der Waals surface area (Å²) in [4.78, 5) is 29.0. The lowest BCUT2D eigenvalue weighted by Gasteiger charge is -2.10. The molecule has 0 saturated carbocycles. The van der Waals surface area contributed by atoms with Crippen LogP contribution in [0, 0.1) is 0 Å². The highest BCUT2D eigenvalue weighted by Gasteiger charge is 2.18. The van der Waals surface area contributed by atoms with Gasteiger partial charge in [-0.1, -0.05) is 17.8 Å². The van der Waals surface area contributed by atoms with Crippen molar-refractivity contribution < 1.29 is 9.59 Å². The van der Waals surface area contributed by atoms with Gasteiger partial charge in [0.25, 0.3) is 0 Å². The van der Waals surface area contributed by atoms with Crippen LogP contribution in [0.25, 0.3) is 10.7 Å². The number of benzene rings is 1. The number of amides is 1. The summed E-state index contributed by atoms with van der Waals surface area (Å²) in [5.74, 6) is 0.543. The Morgan fingerprint density at radius 1 is 1.24 bits per heavy atom. The third kappa shape index (κ3) is 4.34. The van der Waals surface area contributed by atoms with Crippen molar-refractivity contribution in [1.29, 1.82) is 0 Å². The van der Waals surface area contributed by atoms with Crippen LogP contribution in [-0.2, 0) is 4.79 Å². The molecule has 0 spiro atoms. The maximum absolute atomic E-state index is 12.3. The van der Waals surface area contributed by atoms with E-state index in [0.29, 0.717) is 22.2 Å². The van der Waals surface area contributed by atoms with E-state index < -0.39 is 0 Å². The van der Waals surface area contributed by atoms with Gasteiger partial charge in [-0.25, -0.2) is 4.98 Å². The zero-order chi connectivity index (χ0) is 17.8. The molecule has 0 unspecified atom stereocenters. The van der Waals surface area contributed by atoms with Crippen LogP contribution in [0.4, 0.5) is 5.69 Å². The molecular weight excluding hydrogens is 356 g/mol. The monoisotopic (exact) mass is 372 g/mol. The molecule has 0 bridgehead atoms. The number of ketones is 1. The van der Waals surface area contributed by atoms with Crippen molar-refractivity contribution >= 4 is 40.5 Å². The molecule has 3 rings (SSSR count). The van der Waals surface area contributed by atoms with E-state index in [-0.39, 0.29) is 16.9 Å². The first-order valence-corrected chi connectivity index (χ1v) is 9.33. The summed E-state index contributed by atoms with van der Waals surface area (Å²) < 4.78 is 0. The van der Waals surface area contributed by atoms with Gasteiger partial charge in [0.05, 0.1) is 10.1 Å². The van der Waals surface area contributed by atoms with Gasteiger partial charge in [0.2, 0.25) is 11.1 Å². The highest BCUT2D eigenvalue weighted by atomic mass is 32.2. The second kappa shape index (κ2) is 7.62. The molecule has 0 fully saturated rings. The molecule has 128 valence electrons. The molecule has 0 aliphatic rings. The van der Waals surface area contributed by atoms with Gasteiger partial charge in [-0.05, 0) is 49.6 Å². The molecule has 1 amide bonds. The van der Waals surface area contributed by atoms with E-state index in [4.69, 9.17) is 0 Å². The fourth-order valence-corrected chi connectivity index (χ4v) is 3.45. The standard InChI is InChI=1S/C17H16N4O2S2/c1-10(22)12-5-7-13(8-6-12)18-16(23)11(2)25-17-19-15(20-21-17)14-4-3-9-24-14/h3-9,11H,1-2H3,(H,18,23)(H,19,20,21)/t11-/m1/s1. The van der Waals surface area contributed by atoms with Crippen LogP contribution < -0.4 is 5.32 Å². The number of thiophene rings is 1. The number of thioether (sulfide) groups is 1. The minimum atomic E-state index is -0.362. The number of aromatic amines is 1. The second-order valence-corrected chi connectivity index (χ2v) is 7.58. The molecule has 25 heavy (non-hydrogen) atoms. The lowest BCUT2D eigenvalue weighted by atomic mass is 10.1. The van der Waals surface area contributed by atoms with Gasteiger partial charge in [-0.2, -0.15) is 0 Å². The number of hydrogen-bond acceptors (Lipinski definition) is 6. The molecule has 0 aliphatic heterocycles. The Labute approximate surface area is 153 Å². The minimum Gasteiger partial charge on any atom is -0.325 e. The molecule has 0 aliphatic carbocycles. The molecule has 0 saturated heterocycles. The topological polar surface area (TPSA) is 87.7 Å². The van der Waals surface area contributed by atoms with Crippen LogP contribution in [0.3, 0.4) is 0 Å². The number of rotatable bonds is 6. The smallest absolute Gasteiger partial charge is 0.237 e. The first kappa shape index (κ1) is 17.4. The Morgan fingerprint density at radius 2 is 2.00 bits per heavy atom. The first-order valence-electron chi connectivity index (χ1n) is 7.58. The summed E-state index contributed by atoms with van der Waals surface area (Å²) in [6, 6.07) is 10.7. The van der Waals surface area contributed by atoms with Crippen molar-refractivity contribution in [2.24, 2.45) is 0 Å². The van der Waals surface area contributed by atoms with Crippen molar-refractivity contribution in [2.45, 2.75) is 24.3 Å². The average molecular weight is 372 g/mol. The predicted octanol–water partition coefficient (Wildman–Crippen LogP) is 3.86. The maximum Gasteiger partial charge on any atom is 0.237 e. The summed E-state index contributed by atoms with van der Waals surface area (Å²) >= 11 is 2.86. The number of nitrogens with zero attached hydrogens (tertiary/aromatic N) is 2.